The summed E-state index contributed by atoms with van der Waals surface area (Å²) in [7, 11) is 0. The van der Waals surface area contributed by atoms with Crippen molar-refractivity contribution in [1.82, 2.24) is 15.3 Å². The molecule has 5 rings (SSSR count). The molecule has 0 saturated carbocycles. The lowest BCUT2D eigenvalue weighted by Crippen LogP contribution is -2.54. The monoisotopic (exact) mass is 496 g/mol. The summed E-state index contributed by atoms with van der Waals surface area (Å²) in [6, 6.07) is 21.2. The van der Waals surface area contributed by atoms with E-state index in [2.05, 4.69) is 32.8 Å². The Balaban J connectivity index is 1.37. The van der Waals surface area contributed by atoms with E-state index in [9.17, 15) is 9.18 Å². The molecule has 37 heavy (non-hydrogen) atoms. The smallest absolute Gasteiger partial charge is 0.247 e. The first-order valence-corrected chi connectivity index (χ1v) is 12.2. The van der Waals surface area contributed by atoms with Gasteiger partial charge in [-0.25, -0.2) is 14.4 Å². The van der Waals surface area contributed by atoms with Gasteiger partial charge in [-0.15, -0.1) is 0 Å². The molecular weight excluding hydrogens is 467 g/mol. The molecule has 4 N–H and O–H groups in total. The number of anilines is 4. The van der Waals surface area contributed by atoms with Crippen LogP contribution in [0.3, 0.4) is 0 Å². The summed E-state index contributed by atoms with van der Waals surface area (Å²) >= 11 is 0. The number of aromatic nitrogens is 2. The Bertz CT molecular complexity index is 1440. The zero-order valence-electron chi connectivity index (χ0n) is 20.6. The molecular formula is C29H29FN6O. The molecule has 8 heteroatoms. The van der Waals surface area contributed by atoms with Gasteiger partial charge in [0.2, 0.25) is 11.9 Å². The number of piperidine rings is 1. The van der Waals surface area contributed by atoms with Gasteiger partial charge < -0.3 is 21.3 Å². The molecule has 2 heterocycles. The predicted molar refractivity (Wildman–Crippen MR) is 148 cm³/mol. The Hall–Kier alpha value is -4.30. The molecule has 1 aromatic heterocycles. The maximum atomic E-state index is 14.5. The molecule has 1 aliphatic rings. The van der Waals surface area contributed by atoms with Gasteiger partial charge in [0.1, 0.15) is 6.17 Å². The number of para-hydroxylation sites is 1. The number of halogens is 1. The van der Waals surface area contributed by atoms with Gasteiger partial charge in [-0.3, -0.25) is 4.79 Å². The van der Waals surface area contributed by atoms with Crippen LogP contribution in [-0.2, 0) is 4.79 Å². The van der Waals surface area contributed by atoms with E-state index in [1.807, 2.05) is 73.7 Å². The van der Waals surface area contributed by atoms with Crippen molar-refractivity contribution >= 4 is 39.8 Å². The zero-order chi connectivity index (χ0) is 25.8. The van der Waals surface area contributed by atoms with Gasteiger partial charge in [-0.1, -0.05) is 36.9 Å². The Labute approximate surface area is 215 Å². The number of hydrogen-bond donors (Lipinski definition) is 4. The van der Waals surface area contributed by atoms with Crippen molar-refractivity contribution in [1.29, 1.82) is 0 Å². The largest absolute Gasteiger partial charge is 0.377 e. The predicted octanol–water partition coefficient (Wildman–Crippen LogP) is 5.67. The van der Waals surface area contributed by atoms with Crippen molar-refractivity contribution < 1.29 is 9.18 Å². The van der Waals surface area contributed by atoms with Gasteiger partial charge in [0.25, 0.3) is 0 Å². The lowest BCUT2D eigenvalue weighted by molar-refractivity contribution is -0.111. The Morgan fingerprint density at radius 3 is 2.68 bits per heavy atom. The van der Waals surface area contributed by atoms with E-state index in [1.54, 1.807) is 6.20 Å². The highest BCUT2D eigenvalue weighted by Crippen LogP contribution is 2.31. The molecule has 3 aromatic carbocycles. The summed E-state index contributed by atoms with van der Waals surface area (Å²) < 4.78 is 14.5. The van der Waals surface area contributed by atoms with Crippen molar-refractivity contribution in [3.8, 4) is 11.1 Å². The van der Waals surface area contributed by atoms with E-state index in [4.69, 9.17) is 4.98 Å². The van der Waals surface area contributed by atoms with E-state index >= 15 is 0 Å². The van der Waals surface area contributed by atoms with Crippen LogP contribution in [0.1, 0.15) is 13.3 Å². The Kier molecular flexibility index (Phi) is 6.83. The van der Waals surface area contributed by atoms with Crippen LogP contribution >= 0.6 is 0 Å². The second-order valence-corrected chi connectivity index (χ2v) is 9.38. The average Bonchev–Trinajstić information content (AvgIpc) is 2.91. The molecule has 7 nitrogen and oxygen atoms in total. The number of benzene rings is 3. The van der Waals surface area contributed by atoms with Crippen LogP contribution in [-0.4, -0.2) is 40.7 Å². The minimum absolute atomic E-state index is 0.264. The summed E-state index contributed by atoms with van der Waals surface area (Å²) in [5.41, 5.74) is 4.41. The van der Waals surface area contributed by atoms with Crippen LogP contribution in [0.4, 0.5) is 27.4 Å². The van der Waals surface area contributed by atoms with Gasteiger partial charge in [0.15, 0.2) is 0 Å². The number of fused-ring (bicyclic) bond motifs is 1. The van der Waals surface area contributed by atoms with Crippen LogP contribution in [0.15, 0.2) is 85.6 Å². The SMILES string of the molecule is C=CC(=O)Nc1cccc(-c2cccc3cnc(Nc4ccc(N[C@@]5(C)CCNC[C@H]5F)cc4)nc23)c1. The van der Waals surface area contributed by atoms with Gasteiger partial charge in [0.05, 0.1) is 11.1 Å². The number of hydrogen-bond acceptors (Lipinski definition) is 6. The molecule has 1 amide bonds. The number of rotatable bonds is 7. The van der Waals surface area contributed by atoms with Gasteiger partial charge >= 0.3 is 0 Å². The molecule has 188 valence electrons. The minimum atomic E-state index is -0.960. The molecule has 0 bridgehead atoms. The highest BCUT2D eigenvalue weighted by atomic mass is 19.1. The molecule has 0 unspecified atom stereocenters. The van der Waals surface area contributed by atoms with Gasteiger partial charge in [-0.05, 0) is 67.9 Å². The normalized spacial score (nSPS) is 19.2. The van der Waals surface area contributed by atoms with E-state index in [1.165, 1.54) is 6.08 Å². The van der Waals surface area contributed by atoms with E-state index in [-0.39, 0.29) is 5.91 Å². The standard InChI is InChI=1S/C29H29FN6O/c1-3-26(37)33-23-8-4-6-19(16-23)24-9-5-7-20-17-32-28(35-27(20)24)34-21-10-12-22(13-11-21)36-29(2)14-15-31-18-25(29)30/h3-13,16-17,25,31,36H,1,14-15,18H2,2H3,(H,33,37)(H,32,34,35)/t25-,29+/m1/s1. The summed E-state index contributed by atoms with van der Waals surface area (Å²) in [5, 5.41) is 13.4. The third-order valence-corrected chi connectivity index (χ3v) is 6.64. The number of amides is 1. The highest BCUT2D eigenvalue weighted by Gasteiger charge is 2.36. The zero-order valence-corrected chi connectivity index (χ0v) is 20.6. The van der Waals surface area contributed by atoms with Crippen LogP contribution in [0.25, 0.3) is 22.0 Å². The maximum absolute atomic E-state index is 14.5. The summed E-state index contributed by atoms with van der Waals surface area (Å²) in [6.45, 7) is 6.58. The number of alkyl halides is 1. The minimum Gasteiger partial charge on any atom is -0.377 e. The number of carbonyl (C=O) groups is 1. The van der Waals surface area contributed by atoms with E-state index in [0.29, 0.717) is 24.6 Å². The molecule has 0 spiro atoms. The second-order valence-electron chi connectivity index (χ2n) is 9.38. The first-order valence-electron chi connectivity index (χ1n) is 12.2. The molecule has 4 aromatic rings. The number of nitrogens with one attached hydrogen (secondary N) is 4. The fourth-order valence-electron chi connectivity index (χ4n) is 4.50. The third-order valence-electron chi connectivity index (χ3n) is 6.64. The maximum Gasteiger partial charge on any atom is 0.247 e. The van der Waals surface area contributed by atoms with Crippen LogP contribution in [0.2, 0.25) is 0 Å². The second kappa shape index (κ2) is 10.4. The molecule has 0 radical (unpaired) electrons. The fourth-order valence-corrected chi connectivity index (χ4v) is 4.50. The van der Waals surface area contributed by atoms with Crippen molar-refractivity contribution in [2.45, 2.75) is 25.1 Å². The van der Waals surface area contributed by atoms with Crippen LogP contribution < -0.4 is 21.3 Å². The van der Waals surface area contributed by atoms with Crippen LogP contribution in [0, 0.1) is 0 Å². The first-order chi connectivity index (χ1) is 17.9. The summed E-state index contributed by atoms with van der Waals surface area (Å²) in [5.74, 6) is 0.199. The molecule has 2 atom stereocenters. The number of carbonyl (C=O) groups excluding carboxylic acids is 1. The Morgan fingerprint density at radius 1 is 1.11 bits per heavy atom. The summed E-state index contributed by atoms with van der Waals surface area (Å²) in [6.07, 6.45) is 2.78. The van der Waals surface area contributed by atoms with Crippen molar-refractivity contribution in [2.75, 3.05) is 29.0 Å². The van der Waals surface area contributed by atoms with Crippen LogP contribution in [0.5, 0.6) is 0 Å². The highest BCUT2D eigenvalue weighted by molar-refractivity contribution is 6.00. The Morgan fingerprint density at radius 2 is 1.89 bits per heavy atom. The quantitative estimate of drug-likeness (QED) is 0.247. The summed E-state index contributed by atoms with van der Waals surface area (Å²) in [4.78, 5) is 21.0. The van der Waals surface area contributed by atoms with Crippen molar-refractivity contribution in [3.63, 3.8) is 0 Å². The topological polar surface area (TPSA) is 91.0 Å². The molecule has 1 aliphatic heterocycles. The van der Waals surface area contributed by atoms with E-state index < -0.39 is 11.7 Å². The van der Waals surface area contributed by atoms with Gasteiger partial charge in [0, 0.05) is 40.8 Å². The number of nitrogens with zero attached hydrogens (tertiary/aromatic N) is 2. The first kappa shape index (κ1) is 24.4. The molecule has 1 fully saturated rings. The van der Waals surface area contributed by atoms with Crippen molar-refractivity contribution in [3.05, 3.63) is 85.6 Å². The third kappa shape index (κ3) is 5.44. The molecule has 1 saturated heterocycles. The van der Waals surface area contributed by atoms with Crippen molar-refractivity contribution in [2.24, 2.45) is 0 Å². The average molecular weight is 497 g/mol. The molecule has 0 aliphatic carbocycles. The lowest BCUT2D eigenvalue weighted by atomic mass is 9.88. The lowest BCUT2D eigenvalue weighted by Gasteiger charge is -2.39. The van der Waals surface area contributed by atoms with E-state index in [0.717, 1.165) is 39.9 Å². The fraction of sp³-hybridized carbons (Fsp3) is 0.207. The van der Waals surface area contributed by atoms with Gasteiger partial charge in [-0.2, -0.15) is 0 Å².